The third kappa shape index (κ3) is 3.01. The van der Waals surface area contributed by atoms with Crippen LogP contribution in [0.25, 0.3) is 12.2 Å². The van der Waals surface area contributed by atoms with Gasteiger partial charge in [0.15, 0.2) is 0 Å². The van der Waals surface area contributed by atoms with E-state index in [-0.39, 0.29) is 0 Å². The summed E-state index contributed by atoms with van der Waals surface area (Å²) >= 11 is 0. The first kappa shape index (κ1) is 11.1. The number of rotatable bonds is 3. The Hall–Kier alpha value is -2.42. The lowest BCUT2D eigenvalue weighted by Gasteiger charge is -1.97. The molecule has 0 radical (unpaired) electrons. The lowest BCUT2D eigenvalue weighted by Crippen LogP contribution is -2.11. The molecule has 2 aromatic rings. The Morgan fingerprint density at radius 1 is 1.06 bits per heavy atom. The first-order valence-corrected chi connectivity index (χ1v) is 5.24. The van der Waals surface area contributed by atoms with E-state index < -0.39 is 5.91 Å². The zero-order valence-corrected chi connectivity index (χ0v) is 9.21. The smallest absolute Gasteiger partial charge is 0.250 e. The van der Waals surface area contributed by atoms with Gasteiger partial charge in [0.2, 0.25) is 5.91 Å². The summed E-state index contributed by atoms with van der Waals surface area (Å²) in [5.41, 5.74) is 7.55. The fourth-order valence-corrected chi connectivity index (χ4v) is 1.44. The minimum absolute atomic E-state index is 0.417. The number of carbonyl (C=O) groups excluding carboxylic acids is 1. The third-order valence-electron chi connectivity index (χ3n) is 2.31. The Kier molecular flexibility index (Phi) is 3.31. The van der Waals surface area contributed by atoms with E-state index >= 15 is 0 Å². The van der Waals surface area contributed by atoms with Gasteiger partial charge in [0.1, 0.15) is 0 Å². The predicted octanol–water partition coefficient (Wildman–Crippen LogP) is 2.35. The van der Waals surface area contributed by atoms with Gasteiger partial charge in [-0.25, -0.2) is 0 Å². The van der Waals surface area contributed by atoms with E-state index in [0.29, 0.717) is 5.56 Å². The van der Waals surface area contributed by atoms with Crippen molar-refractivity contribution in [2.75, 3.05) is 0 Å². The summed E-state index contributed by atoms with van der Waals surface area (Å²) < 4.78 is 0. The number of pyridine rings is 1. The maximum atomic E-state index is 11.0. The average Bonchev–Trinajstić information content (AvgIpc) is 2.38. The molecule has 1 amide bonds. The van der Waals surface area contributed by atoms with Gasteiger partial charge in [-0.15, -0.1) is 0 Å². The summed E-state index contributed by atoms with van der Waals surface area (Å²) in [5, 5.41) is 0. The van der Waals surface area contributed by atoms with Crippen LogP contribution in [0.4, 0.5) is 0 Å². The molecule has 0 spiro atoms. The quantitative estimate of drug-likeness (QED) is 0.870. The molecule has 0 aliphatic rings. The molecule has 0 unspecified atom stereocenters. The van der Waals surface area contributed by atoms with E-state index in [1.54, 1.807) is 12.3 Å². The molecule has 0 fully saturated rings. The van der Waals surface area contributed by atoms with Crippen LogP contribution in [0.5, 0.6) is 0 Å². The second kappa shape index (κ2) is 5.07. The van der Waals surface area contributed by atoms with Crippen molar-refractivity contribution in [1.29, 1.82) is 0 Å². The number of carbonyl (C=O) groups is 1. The highest BCUT2D eigenvalue weighted by atomic mass is 16.1. The van der Waals surface area contributed by atoms with Crippen molar-refractivity contribution in [3.8, 4) is 0 Å². The second-order valence-corrected chi connectivity index (χ2v) is 3.62. The van der Waals surface area contributed by atoms with Gasteiger partial charge in [-0.05, 0) is 17.2 Å². The Balaban J connectivity index is 2.22. The summed E-state index contributed by atoms with van der Waals surface area (Å²) in [6, 6.07) is 11.6. The first-order valence-electron chi connectivity index (χ1n) is 5.24. The van der Waals surface area contributed by atoms with Crippen molar-refractivity contribution in [3.63, 3.8) is 0 Å². The number of amides is 1. The van der Waals surface area contributed by atoms with Gasteiger partial charge in [0.05, 0.1) is 5.56 Å². The normalized spacial score (nSPS) is 10.6. The molecule has 84 valence electrons. The van der Waals surface area contributed by atoms with Gasteiger partial charge in [0, 0.05) is 12.4 Å². The van der Waals surface area contributed by atoms with Crippen LogP contribution >= 0.6 is 0 Å². The molecule has 0 bridgehead atoms. The summed E-state index contributed by atoms with van der Waals surface area (Å²) in [4.78, 5) is 15.0. The van der Waals surface area contributed by atoms with Crippen molar-refractivity contribution in [2.24, 2.45) is 5.73 Å². The molecule has 1 heterocycles. The van der Waals surface area contributed by atoms with Crippen LogP contribution in [0, 0.1) is 0 Å². The van der Waals surface area contributed by atoms with Gasteiger partial charge in [-0.1, -0.05) is 42.5 Å². The zero-order chi connectivity index (χ0) is 12.1. The number of aromatic nitrogens is 1. The van der Waals surface area contributed by atoms with E-state index in [4.69, 9.17) is 5.73 Å². The van der Waals surface area contributed by atoms with Crippen molar-refractivity contribution in [1.82, 2.24) is 4.98 Å². The Morgan fingerprint density at radius 3 is 2.47 bits per heavy atom. The topological polar surface area (TPSA) is 56.0 Å². The van der Waals surface area contributed by atoms with E-state index in [0.717, 1.165) is 11.1 Å². The van der Waals surface area contributed by atoms with Crippen LogP contribution in [0.1, 0.15) is 21.5 Å². The fraction of sp³-hybridized carbons (Fsp3) is 0. The third-order valence-corrected chi connectivity index (χ3v) is 2.31. The standard InChI is InChI=1S/C14H12N2O/c15-14(17)13-8-12(9-16-10-13)7-6-11-4-2-1-3-5-11/h1-10H,(H2,15,17). The maximum absolute atomic E-state index is 11.0. The van der Waals surface area contributed by atoms with Gasteiger partial charge in [0.25, 0.3) is 0 Å². The van der Waals surface area contributed by atoms with E-state index in [1.165, 1.54) is 6.20 Å². The summed E-state index contributed by atoms with van der Waals surface area (Å²) in [7, 11) is 0. The number of nitrogens with zero attached hydrogens (tertiary/aromatic N) is 1. The number of hydrogen-bond acceptors (Lipinski definition) is 2. The van der Waals surface area contributed by atoms with Gasteiger partial charge >= 0.3 is 0 Å². The molecule has 3 heteroatoms. The molecule has 0 aliphatic heterocycles. The fourth-order valence-electron chi connectivity index (χ4n) is 1.44. The number of hydrogen-bond donors (Lipinski definition) is 1. The van der Waals surface area contributed by atoms with Crippen molar-refractivity contribution < 1.29 is 4.79 Å². The largest absolute Gasteiger partial charge is 0.366 e. The average molecular weight is 224 g/mol. The highest BCUT2D eigenvalue weighted by Crippen LogP contribution is 2.08. The van der Waals surface area contributed by atoms with Crippen molar-refractivity contribution >= 4 is 18.1 Å². The molecule has 0 saturated carbocycles. The predicted molar refractivity (Wildman–Crippen MR) is 68.1 cm³/mol. The SMILES string of the molecule is NC(=O)c1cncc(C=Cc2ccccc2)c1. The monoisotopic (exact) mass is 224 g/mol. The molecule has 3 nitrogen and oxygen atoms in total. The molecule has 2 N–H and O–H groups in total. The highest BCUT2D eigenvalue weighted by molar-refractivity contribution is 5.93. The minimum atomic E-state index is -0.465. The molecule has 2 rings (SSSR count). The summed E-state index contributed by atoms with van der Waals surface area (Å²) in [5.74, 6) is -0.465. The molecular weight excluding hydrogens is 212 g/mol. The maximum Gasteiger partial charge on any atom is 0.250 e. The number of primary amides is 1. The molecule has 0 atom stereocenters. The van der Waals surface area contributed by atoms with Crippen LogP contribution in [0.15, 0.2) is 48.8 Å². The lowest BCUT2D eigenvalue weighted by atomic mass is 10.1. The van der Waals surface area contributed by atoms with E-state index in [1.807, 2.05) is 42.5 Å². The molecule has 1 aromatic carbocycles. The first-order chi connectivity index (χ1) is 8.25. The van der Waals surface area contributed by atoms with Gasteiger partial charge < -0.3 is 5.73 Å². The minimum Gasteiger partial charge on any atom is -0.366 e. The van der Waals surface area contributed by atoms with E-state index in [9.17, 15) is 4.79 Å². The number of benzene rings is 1. The van der Waals surface area contributed by atoms with Crippen LogP contribution in [-0.4, -0.2) is 10.9 Å². The molecule has 0 saturated heterocycles. The molecule has 1 aromatic heterocycles. The van der Waals surface area contributed by atoms with Crippen LogP contribution < -0.4 is 5.73 Å². The Bertz CT molecular complexity index is 547. The zero-order valence-electron chi connectivity index (χ0n) is 9.21. The van der Waals surface area contributed by atoms with Crippen molar-refractivity contribution in [3.05, 3.63) is 65.5 Å². The lowest BCUT2D eigenvalue weighted by molar-refractivity contribution is 0.1000. The van der Waals surface area contributed by atoms with Gasteiger partial charge in [-0.2, -0.15) is 0 Å². The van der Waals surface area contributed by atoms with Crippen molar-refractivity contribution in [2.45, 2.75) is 0 Å². The Morgan fingerprint density at radius 2 is 1.76 bits per heavy atom. The summed E-state index contributed by atoms with van der Waals surface area (Å²) in [6.07, 6.45) is 7.00. The van der Waals surface area contributed by atoms with Crippen LogP contribution in [-0.2, 0) is 0 Å². The highest BCUT2D eigenvalue weighted by Gasteiger charge is 1.99. The number of nitrogens with two attached hydrogens (primary N) is 1. The Labute approximate surface area is 99.6 Å². The van der Waals surface area contributed by atoms with Gasteiger partial charge in [-0.3, -0.25) is 9.78 Å². The molecular formula is C14H12N2O. The van der Waals surface area contributed by atoms with Crippen LogP contribution in [0.3, 0.4) is 0 Å². The van der Waals surface area contributed by atoms with Crippen LogP contribution in [0.2, 0.25) is 0 Å². The second-order valence-electron chi connectivity index (χ2n) is 3.62. The van der Waals surface area contributed by atoms with E-state index in [2.05, 4.69) is 4.98 Å². The summed E-state index contributed by atoms with van der Waals surface area (Å²) in [6.45, 7) is 0. The molecule has 0 aliphatic carbocycles. The molecule has 17 heavy (non-hydrogen) atoms.